The molecule has 0 heterocycles. The van der Waals surface area contributed by atoms with E-state index in [2.05, 4.69) is 32.2 Å². The SMILES string of the molecule is CCNC1(C#N)CCCC(OC2CCC(C)C(C)C2)C1. The van der Waals surface area contributed by atoms with Gasteiger partial charge in [-0.1, -0.05) is 20.8 Å². The van der Waals surface area contributed by atoms with Crippen LogP contribution < -0.4 is 5.32 Å². The molecule has 2 rings (SSSR count). The molecule has 114 valence electrons. The predicted molar refractivity (Wildman–Crippen MR) is 81.3 cm³/mol. The summed E-state index contributed by atoms with van der Waals surface area (Å²) in [5, 5.41) is 12.9. The third-order valence-electron chi connectivity index (χ3n) is 5.37. The zero-order chi connectivity index (χ0) is 14.6. The summed E-state index contributed by atoms with van der Waals surface area (Å²) in [6.07, 6.45) is 8.41. The summed E-state index contributed by atoms with van der Waals surface area (Å²) >= 11 is 0. The van der Waals surface area contributed by atoms with Crippen LogP contribution in [0.2, 0.25) is 0 Å². The highest BCUT2D eigenvalue weighted by Crippen LogP contribution is 2.35. The molecule has 3 heteroatoms. The van der Waals surface area contributed by atoms with Crippen LogP contribution in [0.3, 0.4) is 0 Å². The van der Waals surface area contributed by atoms with Gasteiger partial charge in [-0.15, -0.1) is 0 Å². The second-order valence-corrected chi connectivity index (χ2v) is 6.97. The van der Waals surface area contributed by atoms with E-state index in [0.717, 1.165) is 44.1 Å². The fraction of sp³-hybridized carbons (Fsp3) is 0.941. The Labute approximate surface area is 124 Å². The van der Waals surface area contributed by atoms with Crippen molar-refractivity contribution < 1.29 is 4.74 Å². The molecule has 5 unspecified atom stereocenters. The summed E-state index contributed by atoms with van der Waals surface area (Å²) in [5.74, 6) is 1.60. The average Bonchev–Trinajstić information content (AvgIpc) is 2.44. The third kappa shape index (κ3) is 3.74. The average molecular weight is 278 g/mol. The molecule has 0 aromatic carbocycles. The second kappa shape index (κ2) is 6.91. The van der Waals surface area contributed by atoms with E-state index < -0.39 is 0 Å². The van der Waals surface area contributed by atoms with Crippen molar-refractivity contribution in [1.82, 2.24) is 5.32 Å². The number of nitrogens with zero attached hydrogens (tertiary/aromatic N) is 1. The smallest absolute Gasteiger partial charge is 0.109 e. The molecule has 20 heavy (non-hydrogen) atoms. The molecule has 5 atom stereocenters. The fourth-order valence-corrected chi connectivity index (χ4v) is 3.87. The van der Waals surface area contributed by atoms with E-state index >= 15 is 0 Å². The molecule has 0 aromatic rings. The van der Waals surface area contributed by atoms with Crippen LogP contribution in [0, 0.1) is 23.2 Å². The lowest BCUT2D eigenvalue weighted by molar-refractivity contribution is -0.0695. The van der Waals surface area contributed by atoms with Gasteiger partial charge in [0.1, 0.15) is 5.54 Å². The van der Waals surface area contributed by atoms with Crippen molar-refractivity contribution in [3.63, 3.8) is 0 Å². The molecule has 2 aliphatic carbocycles. The number of nitriles is 1. The van der Waals surface area contributed by atoms with Crippen molar-refractivity contribution in [2.45, 2.75) is 83.5 Å². The van der Waals surface area contributed by atoms with Crippen LogP contribution >= 0.6 is 0 Å². The lowest BCUT2D eigenvalue weighted by atomic mass is 9.79. The van der Waals surface area contributed by atoms with E-state index in [1.807, 2.05) is 0 Å². The first kappa shape index (κ1) is 15.8. The number of nitrogens with one attached hydrogen (secondary N) is 1. The third-order valence-corrected chi connectivity index (χ3v) is 5.37. The van der Waals surface area contributed by atoms with Gasteiger partial charge in [0.25, 0.3) is 0 Å². The van der Waals surface area contributed by atoms with Crippen LogP contribution in [0.15, 0.2) is 0 Å². The molecular formula is C17H30N2O. The normalized spacial score (nSPS) is 42.1. The van der Waals surface area contributed by atoms with E-state index in [0.29, 0.717) is 6.10 Å². The lowest BCUT2D eigenvalue weighted by Gasteiger charge is -2.40. The second-order valence-electron chi connectivity index (χ2n) is 6.97. The Balaban J connectivity index is 1.88. The van der Waals surface area contributed by atoms with Crippen LogP contribution in [0.1, 0.15) is 65.7 Å². The molecule has 0 aromatic heterocycles. The first-order valence-corrected chi connectivity index (χ1v) is 8.40. The summed E-state index contributed by atoms with van der Waals surface area (Å²) < 4.78 is 6.36. The van der Waals surface area contributed by atoms with E-state index in [-0.39, 0.29) is 11.6 Å². The van der Waals surface area contributed by atoms with Crippen molar-refractivity contribution in [1.29, 1.82) is 5.26 Å². The van der Waals surface area contributed by atoms with E-state index in [1.165, 1.54) is 19.3 Å². The lowest BCUT2D eigenvalue weighted by Crippen LogP contribution is -2.50. The molecule has 0 amide bonds. The first-order chi connectivity index (χ1) is 9.58. The Morgan fingerprint density at radius 2 is 2.00 bits per heavy atom. The first-order valence-electron chi connectivity index (χ1n) is 8.40. The molecule has 0 bridgehead atoms. The summed E-state index contributed by atoms with van der Waals surface area (Å²) in [6, 6.07) is 2.51. The largest absolute Gasteiger partial charge is 0.375 e. The van der Waals surface area contributed by atoms with Crippen LogP contribution in [-0.4, -0.2) is 24.3 Å². The van der Waals surface area contributed by atoms with Crippen molar-refractivity contribution in [2.24, 2.45) is 11.8 Å². The summed E-state index contributed by atoms with van der Waals surface area (Å²) in [4.78, 5) is 0. The maximum absolute atomic E-state index is 9.51. The highest BCUT2D eigenvalue weighted by molar-refractivity contribution is 5.10. The molecule has 2 saturated carbocycles. The summed E-state index contributed by atoms with van der Waals surface area (Å²) in [7, 11) is 0. The Bertz CT molecular complexity index is 347. The van der Waals surface area contributed by atoms with Gasteiger partial charge in [0.15, 0.2) is 0 Å². The van der Waals surface area contributed by atoms with Crippen LogP contribution in [0.4, 0.5) is 0 Å². The maximum Gasteiger partial charge on any atom is 0.109 e. The van der Waals surface area contributed by atoms with E-state index in [1.54, 1.807) is 0 Å². The van der Waals surface area contributed by atoms with Gasteiger partial charge in [0.2, 0.25) is 0 Å². The Morgan fingerprint density at radius 1 is 1.20 bits per heavy atom. The Hall–Kier alpha value is -0.590. The van der Waals surface area contributed by atoms with Gasteiger partial charge >= 0.3 is 0 Å². The molecular weight excluding hydrogens is 248 g/mol. The molecule has 0 radical (unpaired) electrons. The van der Waals surface area contributed by atoms with Gasteiger partial charge in [0.05, 0.1) is 18.3 Å². The molecule has 0 spiro atoms. The zero-order valence-corrected chi connectivity index (χ0v) is 13.3. The van der Waals surface area contributed by atoms with E-state index in [4.69, 9.17) is 4.74 Å². The fourth-order valence-electron chi connectivity index (χ4n) is 3.87. The van der Waals surface area contributed by atoms with Gasteiger partial charge in [0, 0.05) is 6.42 Å². The van der Waals surface area contributed by atoms with Crippen LogP contribution in [-0.2, 0) is 4.74 Å². The van der Waals surface area contributed by atoms with Crippen molar-refractivity contribution in [3.05, 3.63) is 0 Å². The minimum atomic E-state index is -0.342. The minimum absolute atomic E-state index is 0.271. The molecule has 0 saturated heterocycles. The highest BCUT2D eigenvalue weighted by Gasteiger charge is 2.37. The monoisotopic (exact) mass is 278 g/mol. The Kier molecular flexibility index (Phi) is 5.46. The van der Waals surface area contributed by atoms with Crippen molar-refractivity contribution in [2.75, 3.05) is 6.54 Å². The number of ether oxygens (including phenoxy) is 1. The quantitative estimate of drug-likeness (QED) is 0.854. The Morgan fingerprint density at radius 3 is 2.65 bits per heavy atom. The number of hydrogen-bond donors (Lipinski definition) is 1. The van der Waals surface area contributed by atoms with Gasteiger partial charge in [-0.2, -0.15) is 5.26 Å². The van der Waals surface area contributed by atoms with Crippen molar-refractivity contribution in [3.8, 4) is 6.07 Å². The molecule has 2 fully saturated rings. The molecule has 3 nitrogen and oxygen atoms in total. The van der Waals surface area contributed by atoms with Gasteiger partial charge < -0.3 is 4.74 Å². The highest BCUT2D eigenvalue weighted by atomic mass is 16.5. The molecule has 1 N–H and O–H groups in total. The standard InChI is InChI=1S/C17H30N2O/c1-4-19-17(12-18)9-5-6-16(11-17)20-15-8-7-13(2)14(3)10-15/h13-16,19H,4-11H2,1-3H3. The minimum Gasteiger partial charge on any atom is -0.375 e. The van der Waals surface area contributed by atoms with Gasteiger partial charge in [-0.05, 0) is 56.9 Å². The van der Waals surface area contributed by atoms with Gasteiger partial charge in [-0.25, -0.2) is 0 Å². The molecule has 2 aliphatic rings. The summed E-state index contributed by atoms with van der Waals surface area (Å²) in [5.41, 5.74) is -0.342. The predicted octanol–water partition coefficient (Wildman–Crippen LogP) is 3.64. The van der Waals surface area contributed by atoms with Crippen molar-refractivity contribution >= 4 is 0 Å². The molecule has 0 aliphatic heterocycles. The van der Waals surface area contributed by atoms with Gasteiger partial charge in [-0.3, -0.25) is 5.32 Å². The van der Waals surface area contributed by atoms with Crippen LogP contribution in [0.25, 0.3) is 0 Å². The summed E-state index contributed by atoms with van der Waals surface area (Å²) in [6.45, 7) is 7.64. The maximum atomic E-state index is 9.51. The number of rotatable bonds is 4. The van der Waals surface area contributed by atoms with Crippen LogP contribution in [0.5, 0.6) is 0 Å². The van der Waals surface area contributed by atoms with E-state index in [9.17, 15) is 5.26 Å². The topological polar surface area (TPSA) is 45.0 Å². The zero-order valence-electron chi connectivity index (χ0n) is 13.3. The number of hydrogen-bond acceptors (Lipinski definition) is 3.